The summed E-state index contributed by atoms with van der Waals surface area (Å²) >= 11 is 1.51. The summed E-state index contributed by atoms with van der Waals surface area (Å²) in [5.41, 5.74) is 0.489. The summed E-state index contributed by atoms with van der Waals surface area (Å²) in [6, 6.07) is -0.0785. The number of hydrogen-bond acceptors (Lipinski definition) is 5. The van der Waals surface area contributed by atoms with Gasteiger partial charge in [-0.25, -0.2) is 4.98 Å². The quantitative estimate of drug-likeness (QED) is 0.788. The van der Waals surface area contributed by atoms with Gasteiger partial charge in [0, 0.05) is 51.1 Å². The Morgan fingerprint density at radius 2 is 2.00 bits per heavy atom. The van der Waals surface area contributed by atoms with E-state index in [4.69, 9.17) is 0 Å². The van der Waals surface area contributed by atoms with Crippen molar-refractivity contribution >= 4 is 27.5 Å². The number of aromatic nitrogens is 1. The first-order valence-electron chi connectivity index (χ1n) is 8.64. The molecule has 3 fully saturated rings. The SMILES string of the molecule is CC(C)c1nc(C(=O)N2CC3CCC2CN(S(=O)(=O)N(C)C)C3)cs1. The Kier molecular flexibility index (Phi) is 5.21. The van der Waals surface area contributed by atoms with Crippen LogP contribution in [0.15, 0.2) is 5.38 Å². The summed E-state index contributed by atoms with van der Waals surface area (Å²) in [7, 11) is -0.356. The molecule has 1 aromatic heterocycles. The van der Waals surface area contributed by atoms with Crippen LogP contribution in [0.5, 0.6) is 0 Å². The number of hydrogen-bond donors (Lipinski definition) is 0. The Labute approximate surface area is 153 Å². The Bertz CT molecular complexity index is 744. The first-order chi connectivity index (χ1) is 11.7. The summed E-state index contributed by atoms with van der Waals surface area (Å²) in [5, 5.41) is 2.78. The molecule has 3 aliphatic heterocycles. The molecule has 0 N–H and O–H groups in total. The summed E-state index contributed by atoms with van der Waals surface area (Å²) in [6.07, 6.45) is 1.80. The molecule has 9 heteroatoms. The molecule has 0 aliphatic carbocycles. The van der Waals surface area contributed by atoms with Crippen molar-refractivity contribution < 1.29 is 13.2 Å². The van der Waals surface area contributed by atoms with E-state index >= 15 is 0 Å². The number of piperidine rings is 1. The molecular formula is C16H26N4O3S2. The molecule has 4 heterocycles. The minimum absolute atomic E-state index is 0.0676. The molecule has 3 saturated heterocycles. The Morgan fingerprint density at radius 3 is 2.60 bits per heavy atom. The predicted octanol–water partition coefficient (Wildman–Crippen LogP) is 1.61. The Hall–Kier alpha value is -1.03. The number of amides is 1. The lowest BCUT2D eigenvalue weighted by atomic mass is 9.95. The van der Waals surface area contributed by atoms with Crippen molar-refractivity contribution in [2.24, 2.45) is 5.92 Å². The van der Waals surface area contributed by atoms with Crippen molar-refractivity contribution in [2.75, 3.05) is 33.7 Å². The zero-order chi connectivity index (χ0) is 18.4. The van der Waals surface area contributed by atoms with E-state index in [1.165, 1.54) is 19.9 Å². The molecule has 140 valence electrons. The van der Waals surface area contributed by atoms with Gasteiger partial charge in [-0.05, 0) is 18.8 Å². The van der Waals surface area contributed by atoms with Crippen LogP contribution in [0.25, 0.3) is 0 Å². The molecule has 0 spiro atoms. The fraction of sp³-hybridized carbons (Fsp3) is 0.750. The molecule has 0 radical (unpaired) electrons. The minimum Gasteiger partial charge on any atom is -0.333 e. The number of carbonyl (C=O) groups is 1. The lowest BCUT2D eigenvalue weighted by molar-refractivity contribution is 0.0583. The Balaban J connectivity index is 1.81. The van der Waals surface area contributed by atoms with Gasteiger partial charge in [0.2, 0.25) is 0 Å². The van der Waals surface area contributed by atoms with E-state index in [9.17, 15) is 13.2 Å². The maximum absolute atomic E-state index is 13.0. The summed E-state index contributed by atoms with van der Waals surface area (Å²) in [4.78, 5) is 19.3. The smallest absolute Gasteiger partial charge is 0.281 e. The number of nitrogens with zero attached hydrogens (tertiary/aromatic N) is 4. The maximum atomic E-state index is 13.0. The highest BCUT2D eigenvalue weighted by atomic mass is 32.2. The van der Waals surface area contributed by atoms with E-state index in [-0.39, 0.29) is 17.9 Å². The van der Waals surface area contributed by atoms with Crippen molar-refractivity contribution in [1.82, 2.24) is 18.5 Å². The van der Waals surface area contributed by atoms with Crippen molar-refractivity contribution in [3.63, 3.8) is 0 Å². The molecule has 2 bridgehead atoms. The average molecular weight is 387 g/mol. The molecule has 2 atom stereocenters. The number of carbonyl (C=O) groups excluding carboxylic acids is 1. The maximum Gasteiger partial charge on any atom is 0.281 e. The van der Waals surface area contributed by atoms with Crippen LogP contribution in [-0.2, 0) is 10.2 Å². The molecule has 3 aliphatic rings. The van der Waals surface area contributed by atoms with Crippen LogP contribution in [0.4, 0.5) is 0 Å². The highest BCUT2D eigenvalue weighted by Crippen LogP contribution is 2.31. The first kappa shape index (κ1) is 18.8. The minimum atomic E-state index is -3.45. The van der Waals surface area contributed by atoms with Gasteiger partial charge >= 0.3 is 0 Å². The van der Waals surface area contributed by atoms with Crippen molar-refractivity contribution in [1.29, 1.82) is 0 Å². The summed E-state index contributed by atoms with van der Waals surface area (Å²) < 4.78 is 27.8. The van der Waals surface area contributed by atoms with Crippen molar-refractivity contribution in [3.8, 4) is 0 Å². The molecule has 25 heavy (non-hydrogen) atoms. The molecule has 4 rings (SSSR count). The monoisotopic (exact) mass is 386 g/mol. The van der Waals surface area contributed by atoms with Gasteiger partial charge in [-0.3, -0.25) is 4.79 Å². The second-order valence-corrected chi connectivity index (χ2v) is 10.4. The van der Waals surface area contributed by atoms with Gasteiger partial charge in [-0.2, -0.15) is 17.0 Å². The standard InChI is InChI=1S/C16H26N4O3S2/c1-11(2)15-17-14(10-24-15)16(21)20-8-12-5-6-13(20)9-19(7-12)25(22,23)18(3)4/h10-13H,5-9H2,1-4H3. The van der Waals surface area contributed by atoms with Crippen LogP contribution >= 0.6 is 11.3 Å². The normalized spacial score (nSPS) is 25.0. The van der Waals surface area contributed by atoms with Crippen LogP contribution in [0, 0.1) is 5.92 Å². The number of thiazole rings is 1. The van der Waals surface area contributed by atoms with Gasteiger partial charge in [0.25, 0.3) is 16.1 Å². The fourth-order valence-corrected chi connectivity index (χ4v) is 5.54. The van der Waals surface area contributed by atoms with Crippen LogP contribution in [0.2, 0.25) is 0 Å². The highest BCUT2D eigenvalue weighted by molar-refractivity contribution is 7.86. The molecular weight excluding hydrogens is 360 g/mol. The Morgan fingerprint density at radius 1 is 1.28 bits per heavy atom. The summed E-state index contributed by atoms with van der Waals surface area (Å²) in [6.45, 7) is 5.58. The van der Waals surface area contributed by atoms with E-state index in [0.29, 0.717) is 31.2 Å². The van der Waals surface area contributed by atoms with Crippen LogP contribution in [-0.4, -0.2) is 72.6 Å². The van der Waals surface area contributed by atoms with Crippen molar-refractivity contribution in [3.05, 3.63) is 16.1 Å². The van der Waals surface area contributed by atoms with Crippen LogP contribution < -0.4 is 0 Å². The second-order valence-electron chi connectivity index (χ2n) is 7.39. The van der Waals surface area contributed by atoms with E-state index in [2.05, 4.69) is 18.8 Å². The van der Waals surface area contributed by atoms with Crippen LogP contribution in [0.3, 0.4) is 0 Å². The van der Waals surface area contributed by atoms with E-state index in [1.54, 1.807) is 14.1 Å². The van der Waals surface area contributed by atoms with Gasteiger partial charge in [-0.15, -0.1) is 11.3 Å². The fourth-order valence-electron chi connectivity index (χ4n) is 3.51. The van der Waals surface area contributed by atoms with Crippen LogP contribution in [0.1, 0.15) is 48.1 Å². The van der Waals surface area contributed by atoms with Crippen molar-refractivity contribution in [2.45, 2.75) is 38.6 Å². The number of fused-ring (bicyclic) bond motifs is 4. The zero-order valence-electron chi connectivity index (χ0n) is 15.2. The topological polar surface area (TPSA) is 73.8 Å². The molecule has 0 aromatic carbocycles. The molecule has 1 amide bonds. The predicted molar refractivity (Wildman–Crippen MR) is 97.9 cm³/mol. The third-order valence-corrected chi connectivity index (χ3v) is 7.98. The third kappa shape index (κ3) is 3.60. The zero-order valence-corrected chi connectivity index (χ0v) is 16.8. The summed E-state index contributed by atoms with van der Waals surface area (Å²) in [5.74, 6) is 0.412. The lowest BCUT2D eigenvalue weighted by Crippen LogP contribution is -2.48. The average Bonchev–Trinajstić information content (AvgIpc) is 2.86. The first-order valence-corrected chi connectivity index (χ1v) is 10.9. The number of rotatable bonds is 4. The van der Waals surface area contributed by atoms with Gasteiger partial charge < -0.3 is 4.90 Å². The molecule has 1 aromatic rings. The van der Waals surface area contributed by atoms with E-state index in [0.717, 1.165) is 17.8 Å². The second kappa shape index (κ2) is 6.94. The van der Waals surface area contributed by atoms with E-state index in [1.807, 2.05) is 10.3 Å². The largest absolute Gasteiger partial charge is 0.333 e. The third-order valence-electron chi connectivity index (χ3n) is 4.96. The molecule has 2 unspecified atom stereocenters. The highest BCUT2D eigenvalue weighted by Gasteiger charge is 2.41. The molecule has 0 saturated carbocycles. The lowest BCUT2D eigenvalue weighted by Gasteiger charge is -2.35. The van der Waals surface area contributed by atoms with Gasteiger partial charge in [-0.1, -0.05) is 13.8 Å². The van der Waals surface area contributed by atoms with E-state index < -0.39 is 10.2 Å². The van der Waals surface area contributed by atoms with Gasteiger partial charge in [0.1, 0.15) is 5.69 Å². The van der Waals surface area contributed by atoms with Gasteiger partial charge in [0.15, 0.2) is 0 Å². The van der Waals surface area contributed by atoms with Gasteiger partial charge in [0.05, 0.1) is 5.01 Å². The molecule has 7 nitrogen and oxygen atoms in total.